The number of rotatable bonds is 0. The molecule has 2 fully saturated rings. The molecule has 156 valence electrons. The van der Waals surface area contributed by atoms with Gasteiger partial charge in [0.1, 0.15) is 0 Å². The van der Waals surface area contributed by atoms with Crippen LogP contribution < -0.4 is 0 Å². The molecule has 0 saturated carbocycles. The van der Waals surface area contributed by atoms with Crippen molar-refractivity contribution in [1.29, 1.82) is 0 Å². The van der Waals surface area contributed by atoms with Crippen molar-refractivity contribution in [3.8, 4) is 0 Å². The molecule has 2 heterocycles. The van der Waals surface area contributed by atoms with E-state index in [4.69, 9.17) is 25.3 Å². The molecular formula is C15H40O6Si5. The van der Waals surface area contributed by atoms with Crippen LogP contribution in [-0.4, -0.2) is 56.0 Å². The Morgan fingerprint density at radius 1 is 0.385 bits per heavy atom. The topological polar surface area (TPSA) is 55.4 Å². The lowest BCUT2D eigenvalue weighted by molar-refractivity contribution is 0.0968. The van der Waals surface area contributed by atoms with Crippen LogP contribution in [0.5, 0.6) is 0 Å². The minimum atomic E-state index is -2.26. The Morgan fingerprint density at radius 2 is 0.615 bits per heavy atom. The van der Waals surface area contributed by atoms with Gasteiger partial charge in [0, 0.05) is 13.2 Å². The summed E-state index contributed by atoms with van der Waals surface area (Å²) in [6, 6.07) is 0. The highest BCUT2D eigenvalue weighted by Crippen LogP contribution is 2.30. The Morgan fingerprint density at radius 3 is 0.731 bits per heavy atom. The lowest BCUT2D eigenvalue weighted by atomic mass is 10.2. The molecule has 0 amide bonds. The predicted molar refractivity (Wildman–Crippen MR) is 118 cm³/mol. The summed E-state index contributed by atoms with van der Waals surface area (Å²) >= 11 is 0. The fourth-order valence-electron chi connectivity index (χ4n) is 3.75. The summed E-state index contributed by atoms with van der Waals surface area (Å²) in [6.45, 7) is 22.8. The third-order valence-corrected chi connectivity index (χ3v) is 23.2. The summed E-state index contributed by atoms with van der Waals surface area (Å²) in [4.78, 5) is 0. The Bertz CT molecular complexity index is 339. The van der Waals surface area contributed by atoms with Crippen LogP contribution in [0.1, 0.15) is 19.3 Å². The first kappa shape index (κ1) is 24.9. The first-order valence-corrected chi connectivity index (χ1v) is 23.7. The van der Waals surface area contributed by atoms with Gasteiger partial charge in [-0.25, -0.2) is 0 Å². The Balaban J connectivity index is 0.000000472. The fourth-order valence-corrected chi connectivity index (χ4v) is 30.1. The van der Waals surface area contributed by atoms with Gasteiger partial charge in [0.2, 0.25) is 0 Å². The monoisotopic (exact) mass is 456 g/mol. The molecule has 0 aromatic heterocycles. The predicted octanol–water partition coefficient (Wildman–Crippen LogP) is 4.78. The van der Waals surface area contributed by atoms with Gasteiger partial charge in [-0.15, -0.1) is 0 Å². The van der Waals surface area contributed by atoms with E-state index in [0.717, 1.165) is 13.2 Å². The molecule has 0 spiro atoms. The van der Waals surface area contributed by atoms with Crippen molar-refractivity contribution in [2.45, 2.75) is 84.7 Å². The van der Waals surface area contributed by atoms with Gasteiger partial charge in [0.25, 0.3) is 0 Å². The molecule has 0 bridgehead atoms. The van der Waals surface area contributed by atoms with Crippen molar-refractivity contribution < 1.29 is 25.3 Å². The first-order valence-electron chi connectivity index (χ1n) is 9.62. The van der Waals surface area contributed by atoms with E-state index >= 15 is 0 Å². The summed E-state index contributed by atoms with van der Waals surface area (Å²) in [6.07, 6.45) is 3.93. The van der Waals surface area contributed by atoms with Gasteiger partial charge in [0.05, 0.1) is 0 Å². The lowest BCUT2D eigenvalue weighted by Crippen LogP contribution is -2.64. The molecule has 0 aromatic rings. The highest BCUT2D eigenvalue weighted by atomic mass is 28.5. The molecule has 6 nitrogen and oxygen atoms in total. The number of hydrogen-bond acceptors (Lipinski definition) is 6. The highest BCUT2D eigenvalue weighted by molar-refractivity contribution is 6.92. The smallest absolute Gasteiger partial charge is 0.314 e. The summed E-state index contributed by atoms with van der Waals surface area (Å²) < 4.78 is 36.6. The summed E-state index contributed by atoms with van der Waals surface area (Å²) in [5.41, 5.74) is 0. The minimum Gasteiger partial charge on any atom is -0.416 e. The summed E-state index contributed by atoms with van der Waals surface area (Å²) in [5, 5.41) is 0. The maximum Gasteiger partial charge on any atom is 0.314 e. The molecule has 11 heteroatoms. The molecule has 2 aliphatic rings. The normalized spacial score (nSPS) is 29.8. The van der Waals surface area contributed by atoms with Crippen LogP contribution >= 0.6 is 0 Å². The molecule has 0 radical (unpaired) electrons. The largest absolute Gasteiger partial charge is 0.416 e. The van der Waals surface area contributed by atoms with Crippen LogP contribution in [0.15, 0.2) is 0 Å². The SMILES string of the molecule is C1CCOCC1.C[Si]1(C)O[Si](C)(C)O[Si](C)(C)O[Si](C)(C)O[Si](C)(C)O1. The molecule has 0 aromatic carbocycles. The van der Waals surface area contributed by atoms with E-state index in [0.29, 0.717) is 0 Å². The number of ether oxygens (including phenoxy) is 1. The standard InChI is InChI=1S/C10H30O5Si5.C5H10O/c1-16(2)11-17(3,4)13-19(7,8)15-20(9,10)14-18(5,6)12-16;1-2-4-6-5-3-1/h1-10H3;1-5H2. The first-order chi connectivity index (χ1) is 11.5. The van der Waals surface area contributed by atoms with Crippen LogP contribution in [0.25, 0.3) is 0 Å². The zero-order chi connectivity index (χ0) is 20.3. The molecule has 0 unspecified atom stereocenters. The van der Waals surface area contributed by atoms with Gasteiger partial charge < -0.3 is 25.3 Å². The summed E-state index contributed by atoms with van der Waals surface area (Å²) in [5.74, 6) is 0. The van der Waals surface area contributed by atoms with Crippen LogP contribution in [0.2, 0.25) is 65.5 Å². The summed E-state index contributed by atoms with van der Waals surface area (Å²) in [7, 11) is -11.3. The molecule has 2 saturated heterocycles. The van der Waals surface area contributed by atoms with Gasteiger partial charge in [-0.05, 0) is 84.7 Å². The van der Waals surface area contributed by atoms with E-state index < -0.39 is 42.8 Å². The second-order valence-corrected chi connectivity index (χ2v) is 27.3. The van der Waals surface area contributed by atoms with Crippen molar-refractivity contribution in [3.63, 3.8) is 0 Å². The lowest BCUT2D eigenvalue weighted by Gasteiger charge is -2.46. The third kappa shape index (κ3) is 10.4. The fraction of sp³-hybridized carbons (Fsp3) is 1.00. The second-order valence-electron chi connectivity index (χ2n) is 9.18. The molecule has 2 aliphatic heterocycles. The van der Waals surface area contributed by atoms with Gasteiger partial charge in [-0.1, -0.05) is 0 Å². The quantitative estimate of drug-likeness (QED) is 0.489. The molecule has 0 aliphatic carbocycles. The van der Waals surface area contributed by atoms with Crippen molar-refractivity contribution in [2.24, 2.45) is 0 Å². The Labute approximate surface area is 166 Å². The van der Waals surface area contributed by atoms with Crippen LogP contribution in [-0.2, 0) is 25.3 Å². The van der Waals surface area contributed by atoms with Crippen LogP contribution in [0, 0.1) is 0 Å². The van der Waals surface area contributed by atoms with Gasteiger partial charge in [-0.3, -0.25) is 0 Å². The van der Waals surface area contributed by atoms with E-state index in [1.165, 1.54) is 19.3 Å². The van der Waals surface area contributed by atoms with Crippen molar-refractivity contribution in [2.75, 3.05) is 13.2 Å². The Hall–Kier alpha value is 0.844. The zero-order valence-electron chi connectivity index (χ0n) is 18.5. The zero-order valence-corrected chi connectivity index (χ0v) is 23.5. The van der Waals surface area contributed by atoms with E-state index in [-0.39, 0.29) is 0 Å². The maximum absolute atomic E-state index is 6.30. The average Bonchev–Trinajstić information content (AvgIpc) is 2.32. The second kappa shape index (κ2) is 9.11. The number of hydrogen-bond donors (Lipinski definition) is 0. The minimum absolute atomic E-state index is 1.00. The third-order valence-electron chi connectivity index (χ3n) is 3.54. The highest BCUT2D eigenvalue weighted by Gasteiger charge is 2.50. The molecule has 26 heavy (non-hydrogen) atoms. The maximum atomic E-state index is 6.30. The molecule has 0 N–H and O–H groups in total. The van der Waals surface area contributed by atoms with Crippen molar-refractivity contribution >= 4 is 42.8 Å². The van der Waals surface area contributed by atoms with Crippen LogP contribution in [0.3, 0.4) is 0 Å². The van der Waals surface area contributed by atoms with Crippen molar-refractivity contribution in [3.05, 3.63) is 0 Å². The molecule has 2 rings (SSSR count). The van der Waals surface area contributed by atoms with E-state index in [2.05, 4.69) is 65.5 Å². The Kier molecular flexibility index (Phi) is 8.72. The van der Waals surface area contributed by atoms with Gasteiger partial charge in [-0.2, -0.15) is 0 Å². The van der Waals surface area contributed by atoms with Gasteiger partial charge in [0.15, 0.2) is 0 Å². The van der Waals surface area contributed by atoms with Gasteiger partial charge >= 0.3 is 42.8 Å². The average molecular weight is 457 g/mol. The van der Waals surface area contributed by atoms with E-state index in [9.17, 15) is 0 Å². The molecule has 0 atom stereocenters. The van der Waals surface area contributed by atoms with Crippen LogP contribution in [0.4, 0.5) is 0 Å². The molecular weight excluding hydrogens is 417 g/mol. The van der Waals surface area contributed by atoms with E-state index in [1.807, 2.05) is 0 Å². The van der Waals surface area contributed by atoms with E-state index in [1.54, 1.807) is 0 Å². The van der Waals surface area contributed by atoms with Crippen molar-refractivity contribution in [1.82, 2.24) is 0 Å².